The van der Waals surface area contributed by atoms with Crippen molar-refractivity contribution < 1.29 is 52.4 Å². The van der Waals surface area contributed by atoms with Gasteiger partial charge >= 0.3 is 23.9 Å². The minimum absolute atomic E-state index is 0.0428. The van der Waals surface area contributed by atoms with Gasteiger partial charge in [0, 0.05) is 22.7 Å². The number of ketones is 1. The van der Waals surface area contributed by atoms with Crippen molar-refractivity contribution in [2.45, 2.75) is 71.1 Å². The summed E-state index contributed by atoms with van der Waals surface area (Å²) in [6, 6.07) is 0. The molecule has 0 aromatic carbocycles. The molecule has 11 heteroatoms. The summed E-state index contributed by atoms with van der Waals surface area (Å²) in [5, 5.41) is 0. The Balaban J connectivity index is 1.34. The summed E-state index contributed by atoms with van der Waals surface area (Å²) in [6.07, 6.45) is 2.26. The van der Waals surface area contributed by atoms with Gasteiger partial charge in [-0.15, -0.1) is 0 Å². The van der Waals surface area contributed by atoms with E-state index in [9.17, 15) is 24.0 Å². The highest BCUT2D eigenvalue weighted by Gasteiger charge is 2.78. The highest BCUT2D eigenvalue weighted by Crippen LogP contribution is 2.72. The summed E-state index contributed by atoms with van der Waals surface area (Å²) in [5.74, 6) is -3.59. The van der Waals surface area contributed by atoms with E-state index < -0.39 is 82.5 Å². The molecule has 3 aliphatic carbocycles. The minimum atomic E-state index is -1.12. The number of carbonyl (C=O) groups is 5. The Morgan fingerprint density at radius 3 is 2.30 bits per heavy atom. The van der Waals surface area contributed by atoms with Gasteiger partial charge in [-0.2, -0.15) is 0 Å². The van der Waals surface area contributed by atoms with Crippen LogP contribution in [0.3, 0.4) is 0 Å². The molecule has 0 aromatic rings. The van der Waals surface area contributed by atoms with Crippen molar-refractivity contribution in [2.75, 3.05) is 21.3 Å². The minimum Gasteiger partial charge on any atom is -0.469 e. The van der Waals surface area contributed by atoms with Gasteiger partial charge in [-0.3, -0.25) is 14.4 Å². The van der Waals surface area contributed by atoms with Crippen LogP contribution in [0.15, 0.2) is 46.1 Å². The standard InChI is InChI=1S/C33H36O11/c1-13-14(15-11-16-21(28(36)40-6)22(24(15)42-16)29(37)41-7)10-17-23(13)33(4)18(12-20(35)39-5)32(3)19(34)8-9-31(2)26(32)25(27(33)43-17)44-30(31)38/h8-9,11,14,16-18,24-27H,10,12H2,1-7H3/t14-,16?,17+,18-,24?,25-,26?,27-,31-,32+,33-/m1/s1. The van der Waals surface area contributed by atoms with Crippen molar-refractivity contribution >= 4 is 29.7 Å². The molecule has 0 aromatic heterocycles. The predicted octanol–water partition coefficient (Wildman–Crippen LogP) is 2.33. The molecule has 0 N–H and O–H groups in total. The van der Waals surface area contributed by atoms with Gasteiger partial charge in [0.15, 0.2) is 5.78 Å². The number of methoxy groups -OCH3 is 3. The molecule has 3 fully saturated rings. The van der Waals surface area contributed by atoms with Crippen molar-refractivity contribution in [1.82, 2.24) is 0 Å². The lowest BCUT2D eigenvalue weighted by Gasteiger charge is -2.59. The van der Waals surface area contributed by atoms with E-state index >= 15 is 0 Å². The topological polar surface area (TPSA) is 141 Å². The number of allylic oxidation sites excluding steroid dienone is 2. The normalized spacial score (nSPS) is 44.3. The molecule has 2 saturated heterocycles. The monoisotopic (exact) mass is 608 g/mol. The molecule has 234 valence electrons. The second kappa shape index (κ2) is 9.23. The highest BCUT2D eigenvalue weighted by atomic mass is 16.6. The second-order valence-corrected chi connectivity index (χ2v) is 13.6. The third-order valence-electron chi connectivity index (χ3n) is 11.9. The van der Waals surface area contributed by atoms with Gasteiger partial charge in [0.1, 0.15) is 24.4 Å². The van der Waals surface area contributed by atoms with Crippen LogP contribution in [0.25, 0.3) is 0 Å². The van der Waals surface area contributed by atoms with E-state index in [0.29, 0.717) is 6.42 Å². The fraction of sp³-hybridized carbons (Fsp3) is 0.606. The van der Waals surface area contributed by atoms with Crippen molar-refractivity contribution in [2.24, 2.45) is 34.0 Å². The number of hydrogen-bond acceptors (Lipinski definition) is 11. The van der Waals surface area contributed by atoms with Crippen molar-refractivity contribution in [3.05, 3.63) is 46.1 Å². The van der Waals surface area contributed by atoms with Crippen LogP contribution in [-0.2, 0) is 52.4 Å². The Morgan fingerprint density at radius 2 is 1.64 bits per heavy atom. The molecule has 11 nitrogen and oxygen atoms in total. The smallest absolute Gasteiger partial charge is 0.337 e. The maximum atomic E-state index is 13.9. The predicted molar refractivity (Wildman–Crippen MR) is 149 cm³/mol. The molecule has 1 saturated carbocycles. The zero-order valence-corrected chi connectivity index (χ0v) is 25.8. The zero-order valence-electron chi connectivity index (χ0n) is 25.8. The van der Waals surface area contributed by atoms with Crippen LogP contribution in [0.1, 0.15) is 40.5 Å². The number of hydrogen-bond donors (Lipinski definition) is 0. The average molecular weight is 609 g/mol. The summed E-state index contributed by atoms with van der Waals surface area (Å²) < 4.78 is 34.1. The summed E-state index contributed by atoms with van der Waals surface area (Å²) >= 11 is 0. The van der Waals surface area contributed by atoms with E-state index in [1.165, 1.54) is 27.4 Å². The van der Waals surface area contributed by atoms with Gasteiger partial charge in [-0.05, 0) is 49.5 Å². The summed E-state index contributed by atoms with van der Waals surface area (Å²) in [5.41, 5.74) is 0.0323. The molecule has 7 rings (SSSR count). The van der Waals surface area contributed by atoms with Crippen LogP contribution >= 0.6 is 0 Å². The van der Waals surface area contributed by atoms with Gasteiger partial charge in [-0.25, -0.2) is 9.59 Å². The fourth-order valence-electron chi connectivity index (χ4n) is 10.1. The van der Waals surface area contributed by atoms with Crippen LogP contribution in [0.2, 0.25) is 0 Å². The molecule has 2 bridgehead atoms. The van der Waals surface area contributed by atoms with Crippen LogP contribution < -0.4 is 0 Å². The molecule has 44 heavy (non-hydrogen) atoms. The second-order valence-electron chi connectivity index (χ2n) is 13.6. The summed E-state index contributed by atoms with van der Waals surface area (Å²) in [6.45, 7) is 7.68. The first-order valence-electron chi connectivity index (χ1n) is 14.9. The van der Waals surface area contributed by atoms with E-state index in [1.807, 2.05) is 26.8 Å². The van der Waals surface area contributed by atoms with E-state index in [4.69, 9.17) is 28.4 Å². The maximum absolute atomic E-state index is 13.9. The molecule has 0 amide bonds. The van der Waals surface area contributed by atoms with Crippen LogP contribution in [0.4, 0.5) is 0 Å². The first kappa shape index (κ1) is 29.2. The maximum Gasteiger partial charge on any atom is 0.337 e. The van der Waals surface area contributed by atoms with E-state index in [2.05, 4.69) is 0 Å². The molecule has 3 unspecified atom stereocenters. The largest absolute Gasteiger partial charge is 0.469 e. The van der Waals surface area contributed by atoms with Gasteiger partial charge < -0.3 is 28.4 Å². The number of carbonyl (C=O) groups excluding carboxylic acids is 5. The molecular weight excluding hydrogens is 572 g/mol. The Bertz CT molecular complexity index is 1560. The van der Waals surface area contributed by atoms with Crippen LogP contribution in [-0.4, -0.2) is 81.5 Å². The molecule has 0 radical (unpaired) electrons. The molecule has 4 heterocycles. The van der Waals surface area contributed by atoms with Crippen molar-refractivity contribution in [1.29, 1.82) is 0 Å². The third kappa shape index (κ3) is 3.26. The average Bonchev–Trinajstić information content (AvgIpc) is 3.79. The summed E-state index contributed by atoms with van der Waals surface area (Å²) in [4.78, 5) is 65.8. The van der Waals surface area contributed by atoms with Crippen molar-refractivity contribution in [3.8, 4) is 0 Å². The Morgan fingerprint density at radius 1 is 0.955 bits per heavy atom. The quantitative estimate of drug-likeness (QED) is 0.258. The fourth-order valence-corrected chi connectivity index (χ4v) is 10.1. The first-order valence-corrected chi connectivity index (χ1v) is 14.9. The SMILES string of the molecule is COC(=O)C[C@H]1[C@]2(C)C3=C(C)[C@H](C4=CC5OC4C(C(=O)OC)=C5C(=O)OC)C[C@@H]3O[C@@H]2[C@@H]2OC(=O)[C@]3(C)C=CC(=O)[C@@]1(C)C23. The molecule has 4 aliphatic heterocycles. The van der Waals surface area contributed by atoms with Gasteiger partial charge in [0.2, 0.25) is 0 Å². The van der Waals surface area contributed by atoms with E-state index in [1.54, 1.807) is 13.0 Å². The highest BCUT2D eigenvalue weighted by molar-refractivity contribution is 6.04. The number of rotatable bonds is 5. The van der Waals surface area contributed by atoms with Gasteiger partial charge in [-0.1, -0.05) is 25.5 Å². The molecule has 11 atom stereocenters. The summed E-state index contributed by atoms with van der Waals surface area (Å²) in [7, 11) is 3.83. The third-order valence-corrected chi connectivity index (χ3v) is 11.9. The molecule has 0 spiro atoms. The Labute approximate surface area is 254 Å². The lowest BCUT2D eigenvalue weighted by atomic mass is 9.42. The van der Waals surface area contributed by atoms with Crippen LogP contribution in [0.5, 0.6) is 0 Å². The van der Waals surface area contributed by atoms with E-state index in [0.717, 1.165) is 16.7 Å². The Kier molecular flexibility index (Phi) is 6.12. The first-order chi connectivity index (χ1) is 20.8. The number of fused-ring (bicyclic) bond motifs is 6. The van der Waals surface area contributed by atoms with Crippen molar-refractivity contribution in [3.63, 3.8) is 0 Å². The van der Waals surface area contributed by atoms with Gasteiger partial charge in [0.25, 0.3) is 0 Å². The van der Waals surface area contributed by atoms with Gasteiger partial charge in [0.05, 0.1) is 50.4 Å². The zero-order chi connectivity index (χ0) is 31.7. The molecular formula is C33H36O11. The Hall–Kier alpha value is -3.57. The lowest BCUT2D eigenvalue weighted by Crippen LogP contribution is -2.66. The number of ether oxygens (including phenoxy) is 6. The number of esters is 4. The van der Waals surface area contributed by atoms with E-state index in [-0.39, 0.29) is 29.3 Å². The van der Waals surface area contributed by atoms with Crippen LogP contribution in [0, 0.1) is 34.0 Å². The lowest BCUT2D eigenvalue weighted by molar-refractivity contribution is -0.190. The molecule has 7 aliphatic rings.